The summed E-state index contributed by atoms with van der Waals surface area (Å²) in [4.78, 5) is 0. The molecule has 0 amide bonds. The summed E-state index contributed by atoms with van der Waals surface area (Å²) in [5.74, 6) is 0.905. The fourth-order valence-electron chi connectivity index (χ4n) is 2.55. The van der Waals surface area contributed by atoms with Gasteiger partial charge in [0.15, 0.2) is 0 Å². The van der Waals surface area contributed by atoms with E-state index in [4.69, 9.17) is 11.6 Å². The molecule has 0 aromatic heterocycles. The SMILES string of the molecule is CCN(c1cc(Cl)ccc1CCCC1CC1)S(C)(=O)=O. The van der Waals surface area contributed by atoms with Crippen LogP contribution < -0.4 is 4.31 Å². The molecule has 1 saturated carbocycles. The van der Waals surface area contributed by atoms with E-state index in [1.807, 2.05) is 19.1 Å². The van der Waals surface area contributed by atoms with Crippen LogP contribution in [0.2, 0.25) is 5.02 Å². The van der Waals surface area contributed by atoms with Gasteiger partial charge in [0.05, 0.1) is 11.9 Å². The number of aryl methyl sites for hydroxylation is 1. The summed E-state index contributed by atoms with van der Waals surface area (Å²) >= 11 is 6.04. The maximum absolute atomic E-state index is 11.9. The molecule has 0 atom stereocenters. The molecule has 2 rings (SSSR count). The molecule has 1 aromatic rings. The Morgan fingerprint density at radius 3 is 2.60 bits per heavy atom. The average Bonchev–Trinajstić information content (AvgIpc) is 3.15. The van der Waals surface area contributed by atoms with Crippen LogP contribution in [0.1, 0.15) is 38.2 Å². The second kappa shape index (κ2) is 6.35. The normalized spacial score (nSPS) is 15.3. The van der Waals surface area contributed by atoms with E-state index in [0.29, 0.717) is 11.6 Å². The van der Waals surface area contributed by atoms with Crippen LogP contribution in [0.5, 0.6) is 0 Å². The average molecular weight is 316 g/mol. The number of benzene rings is 1. The van der Waals surface area contributed by atoms with Gasteiger partial charge in [0, 0.05) is 11.6 Å². The Morgan fingerprint density at radius 2 is 2.05 bits per heavy atom. The maximum Gasteiger partial charge on any atom is 0.232 e. The molecule has 1 aliphatic rings. The van der Waals surface area contributed by atoms with Gasteiger partial charge in [-0.05, 0) is 43.4 Å². The number of rotatable bonds is 7. The molecule has 0 saturated heterocycles. The number of hydrogen-bond acceptors (Lipinski definition) is 2. The highest BCUT2D eigenvalue weighted by atomic mass is 35.5. The lowest BCUT2D eigenvalue weighted by Gasteiger charge is -2.23. The van der Waals surface area contributed by atoms with Crippen LogP contribution in [-0.4, -0.2) is 21.2 Å². The van der Waals surface area contributed by atoms with Crippen molar-refractivity contribution in [1.29, 1.82) is 0 Å². The smallest absolute Gasteiger partial charge is 0.232 e. The highest BCUT2D eigenvalue weighted by molar-refractivity contribution is 7.92. The highest BCUT2D eigenvalue weighted by Crippen LogP contribution is 2.35. The summed E-state index contributed by atoms with van der Waals surface area (Å²) in [6.07, 6.45) is 7.23. The predicted octanol–water partition coefficient (Wildman–Crippen LogP) is 3.86. The highest BCUT2D eigenvalue weighted by Gasteiger charge is 2.22. The van der Waals surface area contributed by atoms with Crippen LogP contribution in [-0.2, 0) is 16.4 Å². The molecule has 0 radical (unpaired) electrons. The van der Waals surface area contributed by atoms with Crippen molar-refractivity contribution in [3.8, 4) is 0 Å². The number of nitrogens with zero attached hydrogens (tertiary/aromatic N) is 1. The van der Waals surface area contributed by atoms with E-state index in [-0.39, 0.29) is 0 Å². The van der Waals surface area contributed by atoms with Gasteiger partial charge in [-0.1, -0.05) is 36.9 Å². The third kappa shape index (κ3) is 4.13. The van der Waals surface area contributed by atoms with Gasteiger partial charge in [-0.3, -0.25) is 4.31 Å². The number of sulfonamides is 1. The summed E-state index contributed by atoms with van der Waals surface area (Å²) in [6, 6.07) is 5.56. The van der Waals surface area contributed by atoms with Gasteiger partial charge in [-0.2, -0.15) is 0 Å². The molecule has 0 N–H and O–H groups in total. The van der Waals surface area contributed by atoms with Gasteiger partial charge >= 0.3 is 0 Å². The van der Waals surface area contributed by atoms with E-state index < -0.39 is 10.0 Å². The molecule has 112 valence electrons. The zero-order valence-electron chi connectivity index (χ0n) is 12.1. The lowest BCUT2D eigenvalue weighted by molar-refractivity contribution is 0.597. The molecule has 0 bridgehead atoms. The topological polar surface area (TPSA) is 37.4 Å². The Labute approximate surface area is 127 Å². The predicted molar refractivity (Wildman–Crippen MR) is 85.0 cm³/mol. The molecule has 20 heavy (non-hydrogen) atoms. The number of anilines is 1. The molecule has 1 aromatic carbocycles. The van der Waals surface area contributed by atoms with Gasteiger partial charge in [0.25, 0.3) is 0 Å². The van der Waals surface area contributed by atoms with Crippen molar-refractivity contribution in [2.45, 2.75) is 39.0 Å². The first-order valence-corrected chi connectivity index (χ1v) is 9.40. The Balaban J connectivity index is 2.21. The molecule has 0 aliphatic heterocycles. The Bertz CT molecular complexity index is 567. The molecule has 1 fully saturated rings. The van der Waals surface area contributed by atoms with Crippen molar-refractivity contribution in [1.82, 2.24) is 0 Å². The van der Waals surface area contributed by atoms with E-state index in [2.05, 4.69) is 0 Å². The fourth-order valence-corrected chi connectivity index (χ4v) is 3.71. The van der Waals surface area contributed by atoms with Gasteiger partial charge in [-0.15, -0.1) is 0 Å². The van der Waals surface area contributed by atoms with E-state index >= 15 is 0 Å². The maximum atomic E-state index is 11.9. The molecule has 5 heteroatoms. The van der Waals surface area contributed by atoms with Crippen LogP contribution in [0.4, 0.5) is 5.69 Å². The van der Waals surface area contributed by atoms with E-state index in [0.717, 1.165) is 30.0 Å². The lowest BCUT2D eigenvalue weighted by Crippen LogP contribution is -2.30. The van der Waals surface area contributed by atoms with Crippen LogP contribution in [0, 0.1) is 5.92 Å². The largest absolute Gasteiger partial charge is 0.270 e. The minimum absolute atomic E-state index is 0.425. The summed E-state index contributed by atoms with van der Waals surface area (Å²) < 4.78 is 25.2. The molecule has 0 spiro atoms. The minimum atomic E-state index is -3.26. The second-order valence-electron chi connectivity index (χ2n) is 5.54. The first kappa shape index (κ1) is 15.6. The van der Waals surface area contributed by atoms with Crippen LogP contribution in [0.15, 0.2) is 18.2 Å². The van der Waals surface area contributed by atoms with Gasteiger partial charge in [0.2, 0.25) is 10.0 Å². The molecule has 1 aliphatic carbocycles. The van der Waals surface area contributed by atoms with Crippen molar-refractivity contribution in [2.24, 2.45) is 5.92 Å². The minimum Gasteiger partial charge on any atom is -0.270 e. The first-order chi connectivity index (χ1) is 9.41. The molecular formula is C15H22ClNO2S. The Hall–Kier alpha value is -0.740. The quantitative estimate of drug-likeness (QED) is 0.766. The van der Waals surface area contributed by atoms with Gasteiger partial charge in [-0.25, -0.2) is 8.42 Å². The van der Waals surface area contributed by atoms with E-state index in [1.54, 1.807) is 6.07 Å². The van der Waals surface area contributed by atoms with Crippen molar-refractivity contribution in [3.05, 3.63) is 28.8 Å². The van der Waals surface area contributed by atoms with E-state index in [1.165, 1.54) is 29.8 Å². The van der Waals surface area contributed by atoms with Crippen LogP contribution in [0.3, 0.4) is 0 Å². The number of hydrogen-bond donors (Lipinski definition) is 0. The molecule has 3 nitrogen and oxygen atoms in total. The fraction of sp³-hybridized carbons (Fsp3) is 0.600. The molecule has 0 heterocycles. The zero-order valence-corrected chi connectivity index (χ0v) is 13.7. The molecule has 0 unspecified atom stereocenters. The monoisotopic (exact) mass is 315 g/mol. The standard InChI is InChI=1S/C15H22ClNO2S/c1-3-17(20(2,18)19)15-11-14(16)10-9-13(15)6-4-5-12-7-8-12/h9-12H,3-8H2,1-2H3. The third-order valence-corrected chi connectivity index (χ3v) is 5.25. The lowest BCUT2D eigenvalue weighted by atomic mass is 10.0. The first-order valence-electron chi connectivity index (χ1n) is 7.18. The van der Waals surface area contributed by atoms with Gasteiger partial charge in [0.1, 0.15) is 0 Å². The van der Waals surface area contributed by atoms with Crippen molar-refractivity contribution < 1.29 is 8.42 Å². The van der Waals surface area contributed by atoms with Crippen molar-refractivity contribution in [3.63, 3.8) is 0 Å². The van der Waals surface area contributed by atoms with Crippen molar-refractivity contribution in [2.75, 3.05) is 17.1 Å². The summed E-state index contributed by atoms with van der Waals surface area (Å²) in [5, 5.41) is 0.577. The Morgan fingerprint density at radius 1 is 1.35 bits per heavy atom. The van der Waals surface area contributed by atoms with Gasteiger partial charge < -0.3 is 0 Å². The molecular weight excluding hydrogens is 294 g/mol. The summed E-state index contributed by atoms with van der Waals surface area (Å²) in [6.45, 7) is 2.27. The van der Waals surface area contributed by atoms with Crippen LogP contribution >= 0.6 is 11.6 Å². The summed E-state index contributed by atoms with van der Waals surface area (Å²) in [5.41, 5.74) is 1.81. The summed E-state index contributed by atoms with van der Waals surface area (Å²) in [7, 11) is -3.26. The van der Waals surface area contributed by atoms with Crippen molar-refractivity contribution >= 4 is 27.3 Å². The number of halogens is 1. The third-order valence-electron chi connectivity index (χ3n) is 3.76. The zero-order chi connectivity index (χ0) is 14.8. The second-order valence-corrected chi connectivity index (χ2v) is 7.88. The van der Waals surface area contributed by atoms with Crippen LogP contribution in [0.25, 0.3) is 0 Å². The Kier molecular flexibility index (Phi) is 4.97. The van der Waals surface area contributed by atoms with E-state index in [9.17, 15) is 8.42 Å².